The first kappa shape index (κ1) is 11.0. The Bertz CT molecular complexity index is 175. The van der Waals surface area contributed by atoms with Crippen LogP contribution in [0.15, 0.2) is 0 Å². The molecular formula is C11H24NO+. The molecule has 0 aromatic rings. The molecule has 0 bridgehead atoms. The van der Waals surface area contributed by atoms with Gasteiger partial charge >= 0.3 is 0 Å². The molecule has 1 heterocycles. The molecule has 78 valence electrons. The number of aliphatic hydroxyl groups is 1. The molecule has 1 N–H and O–H groups in total. The van der Waals surface area contributed by atoms with Crippen molar-refractivity contribution in [2.45, 2.75) is 58.7 Å². The van der Waals surface area contributed by atoms with Gasteiger partial charge in [0.25, 0.3) is 0 Å². The highest BCUT2D eigenvalue weighted by Gasteiger charge is 2.57. The number of hydrogen-bond donors (Lipinski definition) is 1. The predicted octanol–water partition coefficient (Wildman–Crippen LogP) is 1.77. The molecule has 1 aliphatic heterocycles. The highest BCUT2D eigenvalue weighted by atomic mass is 16.3. The Hall–Kier alpha value is -0.0800. The van der Waals surface area contributed by atoms with Crippen LogP contribution in [0.25, 0.3) is 0 Å². The van der Waals surface area contributed by atoms with Crippen molar-refractivity contribution >= 4 is 0 Å². The lowest BCUT2D eigenvalue weighted by Gasteiger charge is -2.63. The van der Waals surface area contributed by atoms with E-state index in [1.165, 1.54) is 0 Å². The van der Waals surface area contributed by atoms with Crippen molar-refractivity contribution in [3.05, 3.63) is 0 Å². The number of quaternary nitrogens is 1. The highest BCUT2D eigenvalue weighted by Crippen LogP contribution is 2.41. The Morgan fingerprint density at radius 2 is 1.23 bits per heavy atom. The van der Waals surface area contributed by atoms with Crippen molar-refractivity contribution in [3.63, 3.8) is 0 Å². The number of hydrogen-bond acceptors (Lipinski definition) is 1. The van der Waals surface area contributed by atoms with Gasteiger partial charge in [0.15, 0.2) is 6.10 Å². The van der Waals surface area contributed by atoms with Crippen LogP contribution in [0.5, 0.6) is 0 Å². The van der Waals surface area contributed by atoms with Crippen LogP contribution in [-0.4, -0.2) is 39.9 Å². The largest absolute Gasteiger partial charge is 0.382 e. The highest BCUT2D eigenvalue weighted by molar-refractivity contribution is 4.83. The molecule has 1 aliphatic rings. The number of aliphatic hydroxyl groups excluding tert-OH is 1. The zero-order valence-corrected chi connectivity index (χ0v) is 9.89. The topological polar surface area (TPSA) is 20.2 Å². The summed E-state index contributed by atoms with van der Waals surface area (Å²) in [4.78, 5) is 0. The quantitative estimate of drug-likeness (QED) is 0.572. The van der Waals surface area contributed by atoms with Gasteiger partial charge in [0.05, 0.1) is 11.1 Å². The SMILES string of the molecule is CC(C)(C)[N+]1(C(C)(C)C)CC(O)C1. The van der Waals surface area contributed by atoms with E-state index in [0.717, 1.165) is 17.6 Å². The van der Waals surface area contributed by atoms with Crippen LogP contribution in [-0.2, 0) is 0 Å². The van der Waals surface area contributed by atoms with Crippen LogP contribution in [0, 0.1) is 0 Å². The Kier molecular flexibility index (Phi) is 2.29. The number of nitrogens with zero attached hydrogens (tertiary/aromatic N) is 1. The molecule has 2 heteroatoms. The molecule has 0 aromatic heterocycles. The zero-order valence-electron chi connectivity index (χ0n) is 9.89. The third kappa shape index (κ3) is 1.50. The van der Waals surface area contributed by atoms with Gasteiger partial charge in [0, 0.05) is 0 Å². The van der Waals surface area contributed by atoms with Crippen molar-refractivity contribution in [3.8, 4) is 0 Å². The van der Waals surface area contributed by atoms with Gasteiger partial charge in [-0.25, -0.2) is 0 Å². The summed E-state index contributed by atoms with van der Waals surface area (Å²) >= 11 is 0. The first-order valence-corrected chi connectivity index (χ1v) is 5.15. The molecule has 1 rings (SSSR count). The first-order valence-electron chi connectivity index (χ1n) is 5.15. The minimum atomic E-state index is -0.0848. The summed E-state index contributed by atoms with van der Waals surface area (Å²) < 4.78 is 1.03. The van der Waals surface area contributed by atoms with Crippen LogP contribution in [0.3, 0.4) is 0 Å². The van der Waals surface area contributed by atoms with Gasteiger partial charge in [-0.2, -0.15) is 0 Å². The normalized spacial score (nSPS) is 24.2. The Labute approximate surface area is 82.1 Å². The Balaban J connectivity index is 2.93. The van der Waals surface area contributed by atoms with Gasteiger partial charge in [-0.05, 0) is 41.5 Å². The third-order valence-corrected chi connectivity index (χ3v) is 3.61. The zero-order chi connectivity index (χ0) is 10.5. The molecule has 1 saturated heterocycles. The van der Waals surface area contributed by atoms with E-state index in [2.05, 4.69) is 41.5 Å². The van der Waals surface area contributed by atoms with Crippen molar-refractivity contribution in [2.24, 2.45) is 0 Å². The smallest absolute Gasteiger partial charge is 0.152 e. The first-order chi connectivity index (χ1) is 5.60. The summed E-state index contributed by atoms with van der Waals surface area (Å²) in [7, 11) is 0. The number of likely N-dealkylation sites (tertiary alicyclic amines) is 1. The summed E-state index contributed by atoms with van der Waals surface area (Å²) in [5, 5.41) is 9.49. The molecule has 13 heavy (non-hydrogen) atoms. The predicted molar refractivity (Wildman–Crippen MR) is 55.5 cm³/mol. The Morgan fingerprint density at radius 3 is 1.31 bits per heavy atom. The molecule has 1 fully saturated rings. The molecule has 2 nitrogen and oxygen atoms in total. The summed E-state index contributed by atoms with van der Waals surface area (Å²) in [5.41, 5.74) is 0.467. The molecule has 0 saturated carbocycles. The molecule has 0 unspecified atom stereocenters. The molecular weight excluding hydrogens is 162 g/mol. The van der Waals surface area contributed by atoms with E-state index >= 15 is 0 Å². The van der Waals surface area contributed by atoms with Crippen molar-refractivity contribution in [1.82, 2.24) is 0 Å². The van der Waals surface area contributed by atoms with Crippen LogP contribution < -0.4 is 0 Å². The van der Waals surface area contributed by atoms with E-state index in [4.69, 9.17) is 0 Å². The van der Waals surface area contributed by atoms with Crippen LogP contribution in [0.2, 0.25) is 0 Å². The average molecular weight is 186 g/mol. The Morgan fingerprint density at radius 1 is 0.923 bits per heavy atom. The monoisotopic (exact) mass is 186 g/mol. The van der Waals surface area contributed by atoms with E-state index < -0.39 is 0 Å². The summed E-state index contributed by atoms with van der Waals surface area (Å²) in [6.07, 6.45) is -0.0848. The second-order valence-electron chi connectivity index (χ2n) is 6.33. The maximum Gasteiger partial charge on any atom is 0.152 e. The van der Waals surface area contributed by atoms with Crippen molar-refractivity contribution < 1.29 is 9.59 Å². The summed E-state index contributed by atoms with van der Waals surface area (Å²) in [6, 6.07) is 0. The summed E-state index contributed by atoms with van der Waals surface area (Å²) in [5.74, 6) is 0. The third-order valence-electron chi connectivity index (χ3n) is 3.61. The standard InChI is InChI=1S/C11H24NO/c1-10(2,3)12(11(4,5)6)7-9(13)8-12/h9,13H,7-8H2,1-6H3/q+1. The lowest BCUT2D eigenvalue weighted by atomic mass is 9.83. The lowest BCUT2D eigenvalue weighted by Crippen LogP contribution is -2.80. The maximum atomic E-state index is 9.49. The van der Waals surface area contributed by atoms with Crippen molar-refractivity contribution in [1.29, 1.82) is 0 Å². The lowest BCUT2D eigenvalue weighted by molar-refractivity contribution is -1.05. The van der Waals surface area contributed by atoms with E-state index in [1.54, 1.807) is 0 Å². The van der Waals surface area contributed by atoms with E-state index in [9.17, 15) is 5.11 Å². The summed E-state index contributed by atoms with van der Waals surface area (Å²) in [6.45, 7) is 15.4. The van der Waals surface area contributed by atoms with Gasteiger partial charge in [-0.1, -0.05) is 0 Å². The fourth-order valence-electron chi connectivity index (χ4n) is 2.77. The molecule has 0 aromatic carbocycles. The molecule has 0 radical (unpaired) electrons. The average Bonchev–Trinajstić information content (AvgIpc) is 1.74. The van der Waals surface area contributed by atoms with Gasteiger partial charge < -0.3 is 9.59 Å². The molecule has 0 aliphatic carbocycles. The van der Waals surface area contributed by atoms with E-state index in [-0.39, 0.29) is 17.2 Å². The fourth-order valence-corrected chi connectivity index (χ4v) is 2.77. The second kappa shape index (κ2) is 2.71. The fraction of sp³-hybridized carbons (Fsp3) is 1.00. The van der Waals surface area contributed by atoms with Crippen LogP contribution >= 0.6 is 0 Å². The van der Waals surface area contributed by atoms with E-state index in [1.807, 2.05) is 0 Å². The maximum absolute atomic E-state index is 9.49. The van der Waals surface area contributed by atoms with Crippen LogP contribution in [0.1, 0.15) is 41.5 Å². The minimum Gasteiger partial charge on any atom is -0.382 e. The van der Waals surface area contributed by atoms with Crippen molar-refractivity contribution in [2.75, 3.05) is 13.1 Å². The molecule has 0 amide bonds. The molecule has 0 spiro atoms. The van der Waals surface area contributed by atoms with E-state index in [0.29, 0.717) is 0 Å². The van der Waals surface area contributed by atoms with Gasteiger partial charge in [-0.3, -0.25) is 0 Å². The van der Waals surface area contributed by atoms with Gasteiger partial charge in [0.2, 0.25) is 0 Å². The molecule has 0 atom stereocenters. The minimum absolute atomic E-state index is 0.0848. The van der Waals surface area contributed by atoms with Crippen LogP contribution in [0.4, 0.5) is 0 Å². The number of rotatable bonds is 0. The van der Waals surface area contributed by atoms with Gasteiger partial charge in [0.1, 0.15) is 13.1 Å². The van der Waals surface area contributed by atoms with Gasteiger partial charge in [-0.15, -0.1) is 0 Å². The second-order valence-corrected chi connectivity index (χ2v) is 6.33.